The molecule has 16 heavy (non-hydrogen) atoms. The van der Waals surface area contributed by atoms with E-state index in [-0.39, 0.29) is 6.04 Å². The molecule has 0 amide bonds. The number of nitrogens with zero attached hydrogens (tertiary/aromatic N) is 1. The molecule has 1 heterocycles. The van der Waals surface area contributed by atoms with Gasteiger partial charge < -0.3 is 5.73 Å². The fraction of sp³-hybridized carbons (Fsp3) is 0.308. The lowest BCUT2D eigenvalue weighted by molar-refractivity contribution is 0.712. The molecular weight excluding hydrogens is 216 g/mol. The molecule has 0 aliphatic heterocycles. The molecule has 1 aromatic heterocycles. The Hall–Kier alpha value is -1.19. The Kier molecular flexibility index (Phi) is 3.36. The van der Waals surface area contributed by atoms with Crippen molar-refractivity contribution in [3.05, 3.63) is 52.5 Å². The second-order valence-electron chi connectivity index (χ2n) is 4.12. The number of allylic oxidation sites excluding steroid dienone is 4. The molecule has 0 fully saturated rings. The molecule has 0 saturated heterocycles. The van der Waals surface area contributed by atoms with Gasteiger partial charge in [-0.2, -0.15) is 0 Å². The van der Waals surface area contributed by atoms with Crippen LogP contribution in [0, 0.1) is 5.92 Å². The van der Waals surface area contributed by atoms with Gasteiger partial charge in [-0.3, -0.25) is 0 Å². The summed E-state index contributed by atoms with van der Waals surface area (Å²) in [6.45, 7) is 6.18. The maximum Gasteiger partial charge on any atom is 0.110 e. The first-order chi connectivity index (χ1) is 7.66. The van der Waals surface area contributed by atoms with Gasteiger partial charge in [0, 0.05) is 11.6 Å². The molecule has 2 N–H and O–H groups in total. The third kappa shape index (κ3) is 2.49. The highest BCUT2D eigenvalue weighted by Crippen LogP contribution is 2.27. The summed E-state index contributed by atoms with van der Waals surface area (Å²) in [5.41, 5.74) is 8.49. The minimum Gasteiger partial charge on any atom is -0.322 e. The summed E-state index contributed by atoms with van der Waals surface area (Å²) < 4.78 is 0. The summed E-state index contributed by atoms with van der Waals surface area (Å²) in [5.74, 6) is 0.444. The van der Waals surface area contributed by atoms with Gasteiger partial charge in [-0.15, -0.1) is 11.3 Å². The first-order valence-corrected chi connectivity index (χ1v) is 6.27. The number of nitrogens with two attached hydrogens (primary N) is 1. The van der Waals surface area contributed by atoms with E-state index in [1.54, 1.807) is 17.5 Å². The van der Waals surface area contributed by atoms with Gasteiger partial charge >= 0.3 is 0 Å². The SMILES string of the molecule is C=C1C=C(CC(N)c2nccs2)C=CC1C. The van der Waals surface area contributed by atoms with Crippen LogP contribution in [0.3, 0.4) is 0 Å². The fourth-order valence-corrected chi connectivity index (χ4v) is 2.34. The van der Waals surface area contributed by atoms with Gasteiger partial charge in [-0.1, -0.05) is 31.7 Å². The lowest BCUT2D eigenvalue weighted by Gasteiger charge is -2.16. The highest BCUT2D eigenvalue weighted by Gasteiger charge is 2.13. The molecule has 0 bridgehead atoms. The molecule has 2 rings (SSSR count). The Morgan fingerprint density at radius 1 is 1.62 bits per heavy atom. The summed E-state index contributed by atoms with van der Waals surface area (Å²) in [6, 6.07) is -0.00268. The molecule has 1 aromatic rings. The predicted octanol–water partition coefficient (Wildman–Crippen LogP) is 3.22. The van der Waals surface area contributed by atoms with Crippen LogP contribution in [0.25, 0.3) is 0 Å². The van der Waals surface area contributed by atoms with Gasteiger partial charge in [0.2, 0.25) is 0 Å². The number of aromatic nitrogens is 1. The summed E-state index contributed by atoms with van der Waals surface area (Å²) in [7, 11) is 0. The van der Waals surface area contributed by atoms with E-state index < -0.39 is 0 Å². The molecule has 0 spiro atoms. The quantitative estimate of drug-likeness (QED) is 0.869. The Morgan fingerprint density at radius 2 is 2.44 bits per heavy atom. The second kappa shape index (κ2) is 4.76. The van der Waals surface area contributed by atoms with Crippen molar-refractivity contribution in [2.24, 2.45) is 11.7 Å². The van der Waals surface area contributed by atoms with Crippen LogP contribution in [-0.4, -0.2) is 4.98 Å². The van der Waals surface area contributed by atoms with E-state index >= 15 is 0 Å². The number of thiazole rings is 1. The molecule has 0 aromatic carbocycles. The normalized spacial score (nSPS) is 22.0. The molecule has 2 nitrogen and oxygen atoms in total. The van der Waals surface area contributed by atoms with E-state index in [0.29, 0.717) is 5.92 Å². The summed E-state index contributed by atoms with van der Waals surface area (Å²) in [5, 5.41) is 2.96. The molecule has 1 aliphatic rings. The zero-order valence-corrected chi connectivity index (χ0v) is 10.2. The molecule has 0 radical (unpaired) electrons. The number of rotatable bonds is 3. The van der Waals surface area contributed by atoms with Crippen LogP contribution in [0.15, 0.2) is 47.5 Å². The fourth-order valence-electron chi connectivity index (χ4n) is 1.70. The Labute approximate surface area is 100 Å². The second-order valence-corrected chi connectivity index (χ2v) is 5.05. The van der Waals surface area contributed by atoms with Crippen molar-refractivity contribution in [3.8, 4) is 0 Å². The lowest BCUT2D eigenvalue weighted by Crippen LogP contribution is -2.11. The van der Waals surface area contributed by atoms with Crippen molar-refractivity contribution in [2.75, 3.05) is 0 Å². The van der Waals surface area contributed by atoms with Gasteiger partial charge in [-0.05, 0) is 23.5 Å². The predicted molar refractivity (Wildman–Crippen MR) is 69.2 cm³/mol. The van der Waals surface area contributed by atoms with Crippen LogP contribution in [0.2, 0.25) is 0 Å². The van der Waals surface area contributed by atoms with Gasteiger partial charge in [0.25, 0.3) is 0 Å². The van der Waals surface area contributed by atoms with Gasteiger partial charge in [0.05, 0.1) is 6.04 Å². The van der Waals surface area contributed by atoms with Crippen LogP contribution in [-0.2, 0) is 0 Å². The molecule has 2 unspecified atom stereocenters. The third-order valence-electron chi connectivity index (χ3n) is 2.78. The molecule has 2 atom stereocenters. The number of hydrogen-bond donors (Lipinski definition) is 1. The molecule has 84 valence electrons. The number of hydrogen-bond acceptors (Lipinski definition) is 3. The minimum atomic E-state index is -0.00268. The first-order valence-electron chi connectivity index (χ1n) is 5.39. The molecule has 1 aliphatic carbocycles. The van der Waals surface area contributed by atoms with Crippen LogP contribution < -0.4 is 5.73 Å². The highest BCUT2D eigenvalue weighted by molar-refractivity contribution is 7.09. The monoisotopic (exact) mass is 232 g/mol. The van der Waals surface area contributed by atoms with Crippen molar-refractivity contribution >= 4 is 11.3 Å². The Bertz CT molecular complexity index is 429. The average molecular weight is 232 g/mol. The topological polar surface area (TPSA) is 38.9 Å². The standard InChI is InChI=1S/C13H16N2S/c1-9-3-4-11(7-10(9)2)8-12(14)13-15-5-6-16-13/h3-7,9,12H,2,8,14H2,1H3. The summed E-state index contributed by atoms with van der Waals surface area (Å²) in [6.07, 6.45) is 9.08. The lowest BCUT2D eigenvalue weighted by atomic mass is 9.91. The minimum absolute atomic E-state index is 0.00268. The smallest absolute Gasteiger partial charge is 0.110 e. The van der Waals surface area contributed by atoms with E-state index in [1.807, 2.05) is 5.38 Å². The van der Waals surface area contributed by atoms with Gasteiger partial charge in [-0.25, -0.2) is 4.98 Å². The third-order valence-corrected chi connectivity index (χ3v) is 3.69. The maximum absolute atomic E-state index is 6.09. The zero-order valence-electron chi connectivity index (χ0n) is 9.39. The average Bonchev–Trinajstić information content (AvgIpc) is 2.77. The van der Waals surface area contributed by atoms with E-state index in [0.717, 1.165) is 17.0 Å². The largest absolute Gasteiger partial charge is 0.322 e. The molecule has 3 heteroatoms. The molecule has 0 saturated carbocycles. The Balaban J connectivity index is 2.04. The van der Waals surface area contributed by atoms with Crippen LogP contribution in [0.1, 0.15) is 24.4 Å². The van der Waals surface area contributed by atoms with E-state index in [2.05, 4.69) is 36.7 Å². The zero-order chi connectivity index (χ0) is 11.5. The maximum atomic E-state index is 6.09. The summed E-state index contributed by atoms with van der Waals surface area (Å²) >= 11 is 1.61. The van der Waals surface area contributed by atoms with E-state index in [1.165, 1.54) is 5.57 Å². The summed E-state index contributed by atoms with van der Waals surface area (Å²) in [4.78, 5) is 4.24. The van der Waals surface area contributed by atoms with Crippen LogP contribution in [0.5, 0.6) is 0 Å². The van der Waals surface area contributed by atoms with E-state index in [4.69, 9.17) is 5.73 Å². The van der Waals surface area contributed by atoms with Gasteiger partial charge in [0.15, 0.2) is 0 Å². The van der Waals surface area contributed by atoms with Crippen molar-refractivity contribution < 1.29 is 0 Å². The van der Waals surface area contributed by atoms with Gasteiger partial charge in [0.1, 0.15) is 5.01 Å². The first kappa shape index (κ1) is 11.3. The Morgan fingerprint density at radius 3 is 3.06 bits per heavy atom. The highest BCUT2D eigenvalue weighted by atomic mass is 32.1. The van der Waals surface area contributed by atoms with Crippen molar-refractivity contribution in [1.29, 1.82) is 0 Å². The van der Waals surface area contributed by atoms with Crippen molar-refractivity contribution in [1.82, 2.24) is 4.98 Å². The van der Waals surface area contributed by atoms with Crippen LogP contribution >= 0.6 is 11.3 Å². The van der Waals surface area contributed by atoms with Crippen LogP contribution in [0.4, 0.5) is 0 Å². The van der Waals surface area contributed by atoms with E-state index in [9.17, 15) is 0 Å². The molecular formula is C13H16N2S. The van der Waals surface area contributed by atoms with Crippen molar-refractivity contribution in [2.45, 2.75) is 19.4 Å². The van der Waals surface area contributed by atoms with Crippen molar-refractivity contribution in [3.63, 3.8) is 0 Å².